The number of carbonyl (C=O) groups is 2. The zero-order valence-electron chi connectivity index (χ0n) is 18.7. The molecule has 0 atom stereocenters. The maximum Gasteiger partial charge on any atom is 0.375 e. The van der Waals surface area contributed by atoms with Gasteiger partial charge in [0.2, 0.25) is 5.76 Å². The molecule has 0 unspecified atom stereocenters. The van der Waals surface area contributed by atoms with Crippen molar-refractivity contribution in [2.45, 2.75) is 26.9 Å². The molecule has 8 heteroatoms. The van der Waals surface area contributed by atoms with E-state index in [0.717, 1.165) is 5.39 Å². The first-order valence-corrected chi connectivity index (χ1v) is 10.7. The molecule has 8 nitrogen and oxygen atoms in total. The van der Waals surface area contributed by atoms with Crippen molar-refractivity contribution in [3.05, 3.63) is 59.9 Å². The fraction of sp³-hybridized carbons (Fsp3) is 0.320. The molecule has 0 bridgehead atoms. The summed E-state index contributed by atoms with van der Waals surface area (Å²) in [6.45, 7) is 4.60. The van der Waals surface area contributed by atoms with Crippen molar-refractivity contribution < 1.29 is 28.2 Å². The van der Waals surface area contributed by atoms with Gasteiger partial charge in [-0.05, 0) is 44.2 Å². The summed E-state index contributed by atoms with van der Waals surface area (Å²) in [5, 5.41) is 9.74. The van der Waals surface area contributed by atoms with Gasteiger partial charge in [-0.15, -0.1) is 0 Å². The van der Waals surface area contributed by atoms with Crippen LogP contribution in [0, 0.1) is 11.3 Å². The summed E-state index contributed by atoms with van der Waals surface area (Å²) in [5.74, 6) is -0.513. The first kappa shape index (κ1) is 23.8. The van der Waals surface area contributed by atoms with Gasteiger partial charge in [0.1, 0.15) is 11.3 Å². The number of nitrogens with zero attached hydrogens (tertiary/aromatic N) is 2. The summed E-state index contributed by atoms with van der Waals surface area (Å²) in [6, 6.07) is 16.2. The third-order valence-electron chi connectivity index (χ3n) is 4.87. The van der Waals surface area contributed by atoms with Crippen LogP contribution in [0.25, 0.3) is 11.0 Å². The number of benzene rings is 2. The summed E-state index contributed by atoms with van der Waals surface area (Å²) in [4.78, 5) is 27.1. The second-order valence-corrected chi connectivity index (χ2v) is 7.00. The number of hydrogen-bond acceptors (Lipinski definition) is 7. The van der Waals surface area contributed by atoms with Crippen LogP contribution in [-0.4, -0.2) is 38.2 Å². The Morgan fingerprint density at radius 1 is 1.06 bits per heavy atom. The van der Waals surface area contributed by atoms with Gasteiger partial charge in [-0.1, -0.05) is 18.2 Å². The molecule has 0 aliphatic heterocycles. The number of amides is 1. The highest BCUT2D eigenvalue weighted by molar-refractivity contribution is 5.99. The number of hydrogen-bond donors (Lipinski definition) is 0. The number of para-hydroxylation sites is 1. The van der Waals surface area contributed by atoms with Gasteiger partial charge in [0.15, 0.2) is 6.61 Å². The van der Waals surface area contributed by atoms with Crippen LogP contribution in [0.1, 0.15) is 36.4 Å². The van der Waals surface area contributed by atoms with E-state index in [4.69, 9.17) is 23.9 Å². The van der Waals surface area contributed by atoms with E-state index in [0.29, 0.717) is 35.8 Å². The predicted octanol–water partition coefficient (Wildman–Crippen LogP) is 4.47. The molecule has 0 fully saturated rings. The zero-order valence-corrected chi connectivity index (χ0v) is 18.7. The van der Waals surface area contributed by atoms with Gasteiger partial charge >= 0.3 is 5.97 Å². The van der Waals surface area contributed by atoms with Crippen LogP contribution in [0.15, 0.2) is 52.9 Å². The quantitative estimate of drug-likeness (QED) is 0.397. The van der Waals surface area contributed by atoms with Crippen LogP contribution >= 0.6 is 0 Å². The average molecular weight is 450 g/mol. The number of ether oxygens (including phenoxy) is 3. The average Bonchev–Trinajstić information content (AvgIpc) is 3.21. The van der Waals surface area contributed by atoms with Gasteiger partial charge in [0.25, 0.3) is 5.91 Å². The minimum atomic E-state index is -0.749. The van der Waals surface area contributed by atoms with Gasteiger partial charge in [0, 0.05) is 29.8 Å². The molecular formula is C25H26N2O6. The van der Waals surface area contributed by atoms with Crippen LogP contribution in [0.3, 0.4) is 0 Å². The van der Waals surface area contributed by atoms with Crippen LogP contribution < -0.4 is 9.64 Å². The Bertz CT molecular complexity index is 1130. The lowest BCUT2D eigenvalue weighted by Crippen LogP contribution is -2.35. The molecule has 0 aliphatic rings. The Balaban J connectivity index is 1.74. The topological polar surface area (TPSA) is 102 Å². The van der Waals surface area contributed by atoms with E-state index in [1.54, 1.807) is 36.4 Å². The first-order valence-electron chi connectivity index (χ1n) is 10.7. The van der Waals surface area contributed by atoms with E-state index in [1.807, 2.05) is 32.0 Å². The fourth-order valence-electron chi connectivity index (χ4n) is 3.33. The lowest BCUT2D eigenvalue weighted by Gasteiger charge is -2.22. The largest absolute Gasteiger partial charge is 0.494 e. The minimum absolute atomic E-state index is 0.0158. The Kier molecular flexibility index (Phi) is 8.44. The third-order valence-corrected chi connectivity index (χ3v) is 4.87. The Hall–Kier alpha value is -3.83. The Morgan fingerprint density at radius 3 is 2.52 bits per heavy atom. The number of fused-ring (bicyclic) bond motifs is 1. The molecule has 33 heavy (non-hydrogen) atoms. The van der Waals surface area contributed by atoms with Gasteiger partial charge in [-0.25, -0.2) is 4.79 Å². The molecule has 0 spiro atoms. The van der Waals surface area contributed by atoms with Gasteiger partial charge in [-0.2, -0.15) is 5.26 Å². The van der Waals surface area contributed by atoms with E-state index < -0.39 is 18.5 Å². The smallest absolute Gasteiger partial charge is 0.375 e. The molecule has 0 N–H and O–H groups in total. The SMILES string of the molecule is CCOCc1c(C(=O)OCC(=O)N(CCC#N)c2ccc(OCC)cc2)oc2ccccc12. The van der Waals surface area contributed by atoms with Crippen molar-refractivity contribution in [3.8, 4) is 11.8 Å². The number of rotatable bonds is 11. The molecule has 1 aromatic heterocycles. The molecule has 2 aromatic carbocycles. The summed E-state index contributed by atoms with van der Waals surface area (Å²) < 4.78 is 21.9. The maximum absolute atomic E-state index is 12.9. The summed E-state index contributed by atoms with van der Waals surface area (Å²) in [7, 11) is 0. The van der Waals surface area contributed by atoms with Gasteiger partial charge < -0.3 is 23.5 Å². The molecule has 0 saturated heterocycles. The highest BCUT2D eigenvalue weighted by Crippen LogP contribution is 2.27. The zero-order chi connectivity index (χ0) is 23.6. The number of carbonyl (C=O) groups excluding carboxylic acids is 2. The van der Waals surface area contributed by atoms with E-state index in [-0.39, 0.29) is 25.3 Å². The summed E-state index contributed by atoms with van der Waals surface area (Å²) >= 11 is 0. The van der Waals surface area contributed by atoms with Crippen LogP contribution in [0.4, 0.5) is 5.69 Å². The van der Waals surface area contributed by atoms with E-state index in [9.17, 15) is 9.59 Å². The fourth-order valence-corrected chi connectivity index (χ4v) is 3.33. The monoisotopic (exact) mass is 450 g/mol. The number of nitriles is 1. The molecule has 0 saturated carbocycles. The van der Waals surface area contributed by atoms with Crippen molar-refractivity contribution in [3.63, 3.8) is 0 Å². The third kappa shape index (κ3) is 5.90. The second-order valence-electron chi connectivity index (χ2n) is 7.00. The predicted molar refractivity (Wildman–Crippen MR) is 122 cm³/mol. The first-order chi connectivity index (χ1) is 16.1. The number of furan rings is 1. The molecule has 1 amide bonds. The molecule has 172 valence electrons. The summed E-state index contributed by atoms with van der Waals surface area (Å²) in [5.41, 5.74) is 1.70. The van der Waals surface area contributed by atoms with Crippen molar-refractivity contribution in [2.24, 2.45) is 0 Å². The van der Waals surface area contributed by atoms with E-state index in [2.05, 4.69) is 0 Å². The second kappa shape index (κ2) is 11.7. The van der Waals surface area contributed by atoms with Gasteiger partial charge in [-0.3, -0.25) is 4.79 Å². The van der Waals surface area contributed by atoms with E-state index >= 15 is 0 Å². The minimum Gasteiger partial charge on any atom is -0.494 e. The maximum atomic E-state index is 12.9. The molecule has 3 aromatic rings. The number of anilines is 1. The van der Waals surface area contributed by atoms with Crippen LogP contribution in [0.5, 0.6) is 5.75 Å². The molecule has 1 heterocycles. The molecule has 3 rings (SSSR count). The standard InChI is InChI=1S/C25H26N2O6/c1-3-30-16-21-20-8-5-6-9-22(20)33-24(21)25(29)32-17-23(28)27(15-7-14-26)18-10-12-19(13-11-18)31-4-2/h5-6,8-13H,3-4,7,15-17H2,1-2H3. The van der Waals surface area contributed by atoms with Crippen molar-refractivity contribution in [2.75, 3.05) is 31.3 Å². The van der Waals surface area contributed by atoms with Gasteiger partial charge in [0.05, 0.1) is 25.7 Å². The van der Waals surface area contributed by atoms with Crippen LogP contribution in [-0.2, 0) is 20.9 Å². The lowest BCUT2D eigenvalue weighted by molar-refractivity contribution is -0.121. The highest BCUT2D eigenvalue weighted by atomic mass is 16.5. The van der Waals surface area contributed by atoms with E-state index in [1.165, 1.54) is 4.90 Å². The van der Waals surface area contributed by atoms with Crippen LogP contribution in [0.2, 0.25) is 0 Å². The number of esters is 1. The molecule has 0 aliphatic carbocycles. The Morgan fingerprint density at radius 2 is 1.82 bits per heavy atom. The Labute approximate surface area is 192 Å². The van der Waals surface area contributed by atoms with Crippen molar-refractivity contribution in [1.29, 1.82) is 5.26 Å². The lowest BCUT2D eigenvalue weighted by atomic mass is 10.1. The summed E-state index contributed by atoms with van der Waals surface area (Å²) in [6.07, 6.45) is 0.134. The van der Waals surface area contributed by atoms with Crippen molar-refractivity contribution in [1.82, 2.24) is 0 Å². The molecule has 0 radical (unpaired) electrons. The normalized spacial score (nSPS) is 10.6. The molecular weight excluding hydrogens is 424 g/mol. The van der Waals surface area contributed by atoms with Crippen molar-refractivity contribution >= 4 is 28.5 Å². The highest BCUT2D eigenvalue weighted by Gasteiger charge is 2.24.